The fraction of sp³-hybridized carbons (Fsp3) is 0.500. The van der Waals surface area contributed by atoms with Crippen molar-refractivity contribution in [2.24, 2.45) is 0 Å². The van der Waals surface area contributed by atoms with Gasteiger partial charge in [0.2, 0.25) is 5.71 Å². The third-order valence-corrected chi connectivity index (χ3v) is 6.17. The summed E-state index contributed by atoms with van der Waals surface area (Å²) in [6.07, 6.45) is 5.77. The van der Waals surface area contributed by atoms with Gasteiger partial charge in [-0.2, -0.15) is 0 Å². The maximum absolute atomic E-state index is 13.5. The van der Waals surface area contributed by atoms with Crippen molar-refractivity contribution in [3.05, 3.63) is 35.4 Å². The molecular formula is C20H24N6O2. The zero-order valence-corrected chi connectivity index (χ0v) is 16.7. The zero-order chi connectivity index (χ0) is 19.6. The molecule has 0 N–H and O–H groups in total. The van der Waals surface area contributed by atoms with Crippen molar-refractivity contribution in [2.75, 3.05) is 18.5 Å². The minimum atomic E-state index is -0.0476. The fourth-order valence-electron chi connectivity index (χ4n) is 4.04. The largest absolute Gasteiger partial charge is 0.442 e. The number of imidazole rings is 1. The molecule has 8 nitrogen and oxygen atoms in total. The average molecular weight is 380 g/mol. The fourth-order valence-corrected chi connectivity index (χ4v) is 4.04. The van der Waals surface area contributed by atoms with Crippen molar-refractivity contribution in [2.45, 2.75) is 52.2 Å². The monoisotopic (exact) mass is 380 g/mol. The Bertz CT molecular complexity index is 1090. The number of nitrogens with zero attached hydrogens (tertiary/aromatic N) is 6. The Morgan fingerprint density at radius 1 is 1.25 bits per heavy atom. The highest BCUT2D eigenvalue weighted by Crippen LogP contribution is 2.44. The van der Waals surface area contributed by atoms with E-state index < -0.39 is 0 Å². The molecule has 0 spiro atoms. The molecule has 0 atom stereocenters. The van der Waals surface area contributed by atoms with Crippen molar-refractivity contribution in [3.63, 3.8) is 0 Å². The maximum Gasteiger partial charge on any atom is 0.258 e. The quantitative estimate of drug-likeness (QED) is 0.695. The molecular weight excluding hydrogens is 356 g/mol. The molecule has 4 heterocycles. The van der Waals surface area contributed by atoms with Crippen molar-refractivity contribution in [1.82, 2.24) is 24.4 Å². The van der Waals surface area contributed by atoms with Crippen molar-refractivity contribution in [1.29, 1.82) is 0 Å². The lowest BCUT2D eigenvalue weighted by Crippen LogP contribution is -2.38. The smallest absolute Gasteiger partial charge is 0.258 e. The van der Waals surface area contributed by atoms with E-state index in [9.17, 15) is 4.79 Å². The first-order chi connectivity index (χ1) is 13.4. The first kappa shape index (κ1) is 17.2. The van der Waals surface area contributed by atoms with Crippen molar-refractivity contribution < 1.29 is 9.21 Å². The van der Waals surface area contributed by atoms with Crippen molar-refractivity contribution >= 4 is 22.8 Å². The second-order valence-electron chi connectivity index (χ2n) is 8.19. The molecule has 146 valence electrons. The van der Waals surface area contributed by atoms with E-state index in [4.69, 9.17) is 4.42 Å². The van der Waals surface area contributed by atoms with Crippen LogP contribution in [0.5, 0.6) is 0 Å². The van der Waals surface area contributed by atoms with Crippen molar-refractivity contribution in [3.8, 4) is 0 Å². The Hall–Kier alpha value is -2.90. The molecule has 0 aromatic carbocycles. The first-order valence-corrected chi connectivity index (χ1v) is 9.67. The molecule has 5 rings (SSSR count). The summed E-state index contributed by atoms with van der Waals surface area (Å²) in [6, 6.07) is 0. The molecule has 1 aliphatic carbocycles. The van der Waals surface area contributed by atoms with Gasteiger partial charge < -0.3 is 18.8 Å². The van der Waals surface area contributed by atoms with Gasteiger partial charge in [-0.1, -0.05) is 0 Å². The van der Waals surface area contributed by atoms with Gasteiger partial charge in [-0.05, 0) is 33.6 Å². The van der Waals surface area contributed by atoms with Gasteiger partial charge in [-0.25, -0.2) is 15.0 Å². The Labute approximate surface area is 163 Å². The third kappa shape index (κ3) is 2.51. The van der Waals surface area contributed by atoms with Gasteiger partial charge in [0, 0.05) is 31.9 Å². The molecule has 0 saturated heterocycles. The number of hydrogen-bond donors (Lipinski definition) is 0. The zero-order valence-electron chi connectivity index (χ0n) is 16.7. The van der Waals surface area contributed by atoms with Crippen LogP contribution in [-0.4, -0.2) is 49.5 Å². The molecule has 0 bridgehead atoms. The third-order valence-electron chi connectivity index (χ3n) is 6.17. The van der Waals surface area contributed by atoms with E-state index in [0.717, 1.165) is 36.7 Å². The van der Waals surface area contributed by atoms with Crippen LogP contribution in [0.25, 0.3) is 11.1 Å². The number of rotatable bonds is 3. The topological polar surface area (TPSA) is 80.3 Å². The molecule has 3 aromatic rings. The highest BCUT2D eigenvalue weighted by Gasteiger charge is 2.43. The summed E-state index contributed by atoms with van der Waals surface area (Å²) < 4.78 is 7.98. The lowest BCUT2D eigenvalue weighted by atomic mass is 10.1. The molecule has 8 heteroatoms. The van der Waals surface area contributed by atoms with Crippen LogP contribution in [0, 0.1) is 13.8 Å². The lowest BCUT2D eigenvalue weighted by molar-refractivity contribution is 0.0707. The predicted molar refractivity (Wildman–Crippen MR) is 104 cm³/mol. The molecule has 1 amide bonds. The van der Waals surface area contributed by atoms with Crippen LogP contribution < -0.4 is 4.90 Å². The van der Waals surface area contributed by atoms with E-state index in [-0.39, 0.29) is 11.4 Å². The van der Waals surface area contributed by atoms with Gasteiger partial charge in [0.1, 0.15) is 23.7 Å². The summed E-state index contributed by atoms with van der Waals surface area (Å²) in [7, 11) is 2.03. The average Bonchev–Trinajstić information content (AvgIpc) is 3.17. The normalized spacial score (nSPS) is 17.6. The summed E-state index contributed by atoms with van der Waals surface area (Å²) in [4.78, 5) is 30.9. The number of furan rings is 1. The SMILES string of the molecule is Cc1cn2c(n1)CN(C(=O)c1c(C)oc3ncnc(N(C)C4(C)CC4)c13)CC2. The lowest BCUT2D eigenvalue weighted by Gasteiger charge is -2.28. The minimum Gasteiger partial charge on any atom is -0.442 e. The number of carbonyl (C=O) groups excluding carboxylic acids is 1. The molecule has 1 fully saturated rings. The Kier molecular flexibility index (Phi) is 3.56. The minimum absolute atomic E-state index is 0.0476. The summed E-state index contributed by atoms with van der Waals surface area (Å²) in [5.74, 6) is 2.22. The Morgan fingerprint density at radius 3 is 2.79 bits per heavy atom. The number of aryl methyl sites for hydroxylation is 2. The highest BCUT2D eigenvalue weighted by molar-refractivity contribution is 6.10. The summed E-state index contributed by atoms with van der Waals surface area (Å²) in [5, 5.41) is 0.714. The van der Waals surface area contributed by atoms with Crippen LogP contribution in [0.4, 0.5) is 5.82 Å². The van der Waals surface area contributed by atoms with Gasteiger partial charge in [0.15, 0.2) is 0 Å². The van der Waals surface area contributed by atoms with Crippen LogP contribution in [0.3, 0.4) is 0 Å². The number of hydrogen-bond acceptors (Lipinski definition) is 6. The first-order valence-electron chi connectivity index (χ1n) is 9.67. The van der Waals surface area contributed by atoms with Crippen LogP contribution in [0.1, 0.15) is 47.4 Å². The van der Waals surface area contributed by atoms with Gasteiger partial charge in [-0.3, -0.25) is 4.79 Å². The predicted octanol–water partition coefficient (Wildman–Crippen LogP) is 2.68. The summed E-state index contributed by atoms with van der Waals surface area (Å²) in [6.45, 7) is 7.90. The molecule has 1 saturated carbocycles. The molecule has 1 aliphatic heterocycles. The molecule has 3 aromatic heterocycles. The van der Waals surface area contributed by atoms with Crippen LogP contribution >= 0.6 is 0 Å². The van der Waals surface area contributed by atoms with E-state index in [1.807, 2.05) is 32.0 Å². The summed E-state index contributed by atoms with van der Waals surface area (Å²) in [5.41, 5.74) is 2.10. The Balaban J connectivity index is 1.57. The number of fused-ring (bicyclic) bond motifs is 2. The standard InChI is InChI=1S/C20H24N6O2/c1-12-9-25-7-8-26(10-14(25)23-12)19(27)15-13(2)28-18-16(15)17(21-11-22-18)24(4)20(3)5-6-20/h9,11H,5-8,10H2,1-4H3. The van der Waals surface area contributed by atoms with Gasteiger partial charge in [-0.15, -0.1) is 0 Å². The molecule has 0 radical (unpaired) electrons. The van der Waals surface area contributed by atoms with Crippen LogP contribution in [-0.2, 0) is 13.1 Å². The van der Waals surface area contributed by atoms with Crippen LogP contribution in [0.15, 0.2) is 16.9 Å². The maximum atomic E-state index is 13.5. The Morgan fingerprint density at radius 2 is 2.04 bits per heavy atom. The molecule has 28 heavy (non-hydrogen) atoms. The summed E-state index contributed by atoms with van der Waals surface area (Å²) >= 11 is 0. The number of amides is 1. The van der Waals surface area contributed by atoms with E-state index in [0.29, 0.717) is 35.5 Å². The second kappa shape index (κ2) is 5.80. The number of anilines is 1. The van der Waals surface area contributed by atoms with Gasteiger partial charge in [0.05, 0.1) is 23.2 Å². The number of carbonyl (C=O) groups is 1. The molecule has 2 aliphatic rings. The van der Waals surface area contributed by atoms with Crippen LogP contribution in [0.2, 0.25) is 0 Å². The highest BCUT2D eigenvalue weighted by atomic mass is 16.3. The van der Waals surface area contributed by atoms with E-state index >= 15 is 0 Å². The van der Waals surface area contributed by atoms with E-state index in [1.165, 1.54) is 6.33 Å². The molecule has 0 unspecified atom stereocenters. The number of aromatic nitrogens is 4. The van der Waals surface area contributed by atoms with Gasteiger partial charge in [0.25, 0.3) is 5.91 Å². The van der Waals surface area contributed by atoms with E-state index in [1.54, 1.807) is 0 Å². The van der Waals surface area contributed by atoms with Gasteiger partial charge >= 0.3 is 0 Å². The second-order valence-corrected chi connectivity index (χ2v) is 8.19. The van der Waals surface area contributed by atoms with E-state index in [2.05, 4.69) is 31.3 Å².